The summed E-state index contributed by atoms with van der Waals surface area (Å²) in [7, 11) is 2.92. The minimum atomic E-state index is -0.599. The molecule has 1 amide bonds. The van der Waals surface area contributed by atoms with E-state index in [9.17, 15) is 4.79 Å². The normalized spacial score (nSPS) is 17.7. The molecule has 2 rings (SSSR count). The molecule has 1 aromatic carbocycles. The molecule has 0 atom stereocenters. The number of ether oxygens (including phenoxy) is 3. The summed E-state index contributed by atoms with van der Waals surface area (Å²) in [5, 5.41) is 4.16. The van der Waals surface area contributed by atoms with Crippen molar-refractivity contribution in [1.82, 2.24) is 5.43 Å². The van der Waals surface area contributed by atoms with Gasteiger partial charge in [0.15, 0.2) is 0 Å². The van der Waals surface area contributed by atoms with Crippen LogP contribution in [-0.2, 0) is 4.74 Å². The Balaban J connectivity index is 2.47. The fourth-order valence-electron chi connectivity index (χ4n) is 2.32. The summed E-state index contributed by atoms with van der Waals surface area (Å²) in [6.45, 7) is 5.88. The molecule has 0 radical (unpaired) electrons. The van der Waals surface area contributed by atoms with E-state index < -0.39 is 11.7 Å². The molecule has 0 unspecified atom stereocenters. The Kier molecular flexibility index (Phi) is 4.06. The average molecular weight is 292 g/mol. The van der Waals surface area contributed by atoms with Crippen molar-refractivity contribution in [3.63, 3.8) is 0 Å². The quantitative estimate of drug-likeness (QED) is 0.851. The third-order valence-corrected chi connectivity index (χ3v) is 3.33. The van der Waals surface area contributed by atoms with Crippen LogP contribution in [0.4, 0.5) is 4.79 Å². The predicted molar refractivity (Wildman–Crippen MR) is 79.1 cm³/mol. The summed E-state index contributed by atoms with van der Waals surface area (Å²) in [6, 6.07) is 3.75. The molecular weight excluding hydrogens is 272 g/mol. The maximum absolute atomic E-state index is 11.2. The van der Waals surface area contributed by atoms with Gasteiger partial charge in [0.1, 0.15) is 17.1 Å². The highest BCUT2D eigenvalue weighted by molar-refractivity contribution is 6.05. The van der Waals surface area contributed by atoms with Gasteiger partial charge in [-0.05, 0) is 32.9 Å². The van der Waals surface area contributed by atoms with Crippen LogP contribution >= 0.6 is 0 Å². The molecule has 1 aliphatic heterocycles. The fourth-order valence-corrected chi connectivity index (χ4v) is 2.32. The third-order valence-electron chi connectivity index (χ3n) is 3.33. The second-order valence-electron chi connectivity index (χ2n) is 5.47. The first-order valence-corrected chi connectivity index (χ1v) is 6.65. The molecule has 21 heavy (non-hydrogen) atoms. The van der Waals surface area contributed by atoms with Crippen molar-refractivity contribution < 1.29 is 19.0 Å². The number of nitrogens with zero attached hydrogens (tertiary/aromatic N) is 1. The molecule has 6 heteroatoms. The average Bonchev–Trinajstić information content (AvgIpc) is 2.44. The second-order valence-corrected chi connectivity index (χ2v) is 5.47. The minimum absolute atomic E-state index is 0.416. The molecule has 0 bridgehead atoms. The summed E-state index contributed by atoms with van der Waals surface area (Å²) in [4.78, 5) is 11.2. The van der Waals surface area contributed by atoms with Crippen molar-refractivity contribution in [1.29, 1.82) is 0 Å². The van der Waals surface area contributed by atoms with Crippen molar-refractivity contribution in [3.05, 3.63) is 23.3 Å². The van der Waals surface area contributed by atoms with E-state index in [4.69, 9.17) is 9.47 Å². The van der Waals surface area contributed by atoms with Crippen LogP contribution in [0.2, 0.25) is 0 Å². The van der Waals surface area contributed by atoms with Gasteiger partial charge >= 0.3 is 6.09 Å². The second kappa shape index (κ2) is 5.63. The molecule has 0 spiro atoms. The van der Waals surface area contributed by atoms with Crippen molar-refractivity contribution in [2.75, 3.05) is 14.2 Å². The SMILES string of the molecule is COC(=O)NN=C1CC(C)(C)Oc2c1ccc(OC)c2C. The number of hydrogen-bond acceptors (Lipinski definition) is 5. The minimum Gasteiger partial charge on any atom is -0.496 e. The summed E-state index contributed by atoms with van der Waals surface area (Å²) >= 11 is 0. The van der Waals surface area contributed by atoms with Crippen LogP contribution in [0.15, 0.2) is 17.2 Å². The molecule has 0 aliphatic carbocycles. The van der Waals surface area contributed by atoms with Crippen LogP contribution in [-0.4, -0.2) is 31.6 Å². The van der Waals surface area contributed by atoms with E-state index in [0.717, 1.165) is 28.3 Å². The third kappa shape index (κ3) is 3.09. The monoisotopic (exact) mass is 292 g/mol. The van der Waals surface area contributed by atoms with Gasteiger partial charge < -0.3 is 14.2 Å². The standard InChI is InChI=1S/C15H20N2O4/c1-9-12(19-4)7-6-10-11(16-17-14(18)20-5)8-15(2,3)21-13(9)10/h6-7H,8H2,1-5H3,(H,17,18). The van der Waals surface area contributed by atoms with Crippen molar-refractivity contribution >= 4 is 11.8 Å². The summed E-state index contributed by atoms with van der Waals surface area (Å²) in [6.07, 6.45) is -0.0194. The number of methoxy groups -OCH3 is 2. The lowest BCUT2D eigenvalue weighted by Gasteiger charge is -2.34. The zero-order chi connectivity index (χ0) is 15.6. The number of hydrogen-bond donors (Lipinski definition) is 1. The Morgan fingerprint density at radius 2 is 2.10 bits per heavy atom. The predicted octanol–water partition coefficient (Wildman–Crippen LogP) is 2.62. The highest BCUT2D eigenvalue weighted by Gasteiger charge is 2.33. The van der Waals surface area contributed by atoms with Crippen LogP contribution in [0.3, 0.4) is 0 Å². The van der Waals surface area contributed by atoms with Gasteiger partial charge in [0, 0.05) is 17.5 Å². The largest absolute Gasteiger partial charge is 0.496 e. The lowest BCUT2D eigenvalue weighted by Crippen LogP contribution is -2.37. The molecule has 0 aromatic heterocycles. The Morgan fingerprint density at radius 3 is 2.71 bits per heavy atom. The summed E-state index contributed by atoms with van der Waals surface area (Å²) in [5.74, 6) is 1.49. The van der Waals surface area contributed by atoms with Gasteiger partial charge in [0.2, 0.25) is 0 Å². The van der Waals surface area contributed by atoms with Crippen LogP contribution in [0.1, 0.15) is 31.4 Å². The van der Waals surface area contributed by atoms with Gasteiger partial charge in [0.05, 0.1) is 19.9 Å². The molecule has 0 saturated carbocycles. The van der Waals surface area contributed by atoms with Crippen LogP contribution < -0.4 is 14.9 Å². The first-order valence-electron chi connectivity index (χ1n) is 6.65. The first kappa shape index (κ1) is 15.2. The van der Waals surface area contributed by atoms with Gasteiger partial charge in [-0.1, -0.05) is 0 Å². The van der Waals surface area contributed by atoms with Crippen LogP contribution in [0.25, 0.3) is 0 Å². The lowest BCUT2D eigenvalue weighted by atomic mass is 9.91. The van der Waals surface area contributed by atoms with E-state index in [1.807, 2.05) is 32.9 Å². The molecular formula is C15H20N2O4. The van der Waals surface area contributed by atoms with E-state index in [2.05, 4.69) is 15.3 Å². The molecule has 6 nitrogen and oxygen atoms in total. The smallest absolute Gasteiger partial charge is 0.427 e. The Morgan fingerprint density at radius 1 is 1.38 bits per heavy atom. The number of carbonyl (C=O) groups excluding carboxylic acids is 1. The summed E-state index contributed by atoms with van der Waals surface area (Å²) in [5.41, 5.74) is 4.46. The van der Waals surface area contributed by atoms with E-state index >= 15 is 0 Å². The van der Waals surface area contributed by atoms with E-state index in [0.29, 0.717) is 6.42 Å². The van der Waals surface area contributed by atoms with Crippen molar-refractivity contribution in [2.45, 2.75) is 32.8 Å². The molecule has 1 aromatic rings. The molecule has 114 valence electrons. The van der Waals surface area contributed by atoms with E-state index in [1.54, 1.807) is 7.11 Å². The number of fused-ring (bicyclic) bond motifs is 1. The van der Waals surface area contributed by atoms with Gasteiger partial charge in [-0.15, -0.1) is 0 Å². The topological polar surface area (TPSA) is 69.2 Å². The molecule has 0 fully saturated rings. The highest BCUT2D eigenvalue weighted by atomic mass is 16.5. The zero-order valence-corrected chi connectivity index (χ0v) is 12.9. The molecule has 0 saturated heterocycles. The number of hydrazone groups is 1. The Bertz CT molecular complexity index is 594. The van der Waals surface area contributed by atoms with Gasteiger partial charge in [0.25, 0.3) is 0 Å². The van der Waals surface area contributed by atoms with E-state index in [1.165, 1.54) is 7.11 Å². The summed E-state index contributed by atoms with van der Waals surface area (Å²) < 4.78 is 15.9. The van der Waals surface area contributed by atoms with Gasteiger partial charge in [-0.2, -0.15) is 5.10 Å². The fraction of sp³-hybridized carbons (Fsp3) is 0.467. The Hall–Kier alpha value is -2.24. The highest BCUT2D eigenvalue weighted by Crippen LogP contribution is 2.39. The maximum atomic E-state index is 11.2. The Labute approximate surface area is 124 Å². The van der Waals surface area contributed by atoms with E-state index in [-0.39, 0.29) is 0 Å². The zero-order valence-electron chi connectivity index (χ0n) is 12.9. The van der Waals surface area contributed by atoms with Crippen molar-refractivity contribution in [3.8, 4) is 11.5 Å². The van der Waals surface area contributed by atoms with Crippen molar-refractivity contribution in [2.24, 2.45) is 5.10 Å². The van der Waals surface area contributed by atoms with Crippen LogP contribution in [0, 0.1) is 6.92 Å². The lowest BCUT2D eigenvalue weighted by molar-refractivity contribution is 0.109. The molecule has 1 aliphatic rings. The van der Waals surface area contributed by atoms with Gasteiger partial charge in [-0.3, -0.25) is 0 Å². The number of carbonyl (C=O) groups is 1. The number of nitrogens with one attached hydrogen (secondary N) is 1. The first-order chi connectivity index (χ1) is 9.88. The number of amides is 1. The van der Waals surface area contributed by atoms with Gasteiger partial charge in [-0.25, -0.2) is 10.2 Å². The molecule has 1 N–H and O–H groups in total. The van der Waals surface area contributed by atoms with Crippen LogP contribution in [0.5, 0.6) is 11.5 Å². The molecule has 1 heterocycles. The number of benzene rings is 1. The maximum Gasteiger partial charge on any atom is 0.427 e. The number of rotatable bonds is 2.